The van der Waals surface area contributed by atoms with E-state index in [1.807, 2.05) is 28.9 Å². The molecule has 3 aliphatic rings. The van der Waals surface area contributed by atoms with Crippen LogP contribution in [-0.2, 0) is 9.59 Å². The summed E-state index contributed by atoms with van der Waals surface area (Å²) in [6.45, 7) is 3.53. The number of hydrogen-bond donors (Lipinski definition) is 2. The number of nitrogens with two attached hydrogens (primary N) is 2. The van der Waals surface area contributed by atoms with Gasteiger partial charge in [-0.3, -0.25) is 19.3 Å². The van der Waals surface area contributed by atoms with Crippen LogP contribution >= 0.6 is 0 Å². The third-order valence-corrected chi connectivity index (χ3v) is 6.84. The van der Waals surface area contributed by atoms with Crippen molar-refractivity contribution in [1.82, 2.24) is 14.7 Å². The number of rotatable bonds is 6. The molecule has 3 aliphatic heterocycles. The molecule has 0 saturated carbocycles. The second-order valence-corrected chi connectivity index (χ2v) is 8.69. The standard InChI is InChI=1S/C22H28N6O3/c1-13(14-4-6-15(7-5-14)20(25)29)28-17-9-19(22(28)31)26(11-17)12-18(24)21(30)27-8-2-3-16(27)10-23/h4-7,13,16-19H,2-3,8-9,11-12,24H2,1H3,(H2,25,29)/t13-,16+,17?,18+,19+/m1/s1. The van der Waals surface area contributed by atoms with E-state index in [2.05, 4.69) is 6.07 Å². The number of benzene rings is 1. The summed E-state index contributed by atoms with van der Waals surface area (Å²) < 4.78 is 0. The predicted octanol–water partition coefficient (Wildman–Crippen LogP) is -0.0265. The van der Waals surface area contributed by atoms with E-state index in [4.69, 9.17) is 11.5 Å². The van der Waals surface area contributed by atoms with Gasteiger partial charge in [0.05, 0.1) is 24.2 Å². The average Bonchev–Trinajstić information content (AvgIpc) is 3.47. The van der Waals surface area contributed by atoms with Gasteiger partial charge >= 0.3 is 0 Å². The predicted molar refractivity (Wildman–Crippen MR) is 112 cm³/mol. The third kappa shape index (κ3) is 3.77. The Labute approximate surface area is 181 Å². The van der Waals surface area contributed by atoms with Crippen LogP contribution in [0.3, 0.4) is 0 Å². The molecule has 0 radical (unpaired) electrons. The summed E-state index contributed by atoms with van der Waals surface area (Å²) in [7, 11) is 0. The van der Waals surface area contributed by atoms with E-state index in [0.717, 1.165) is 12.0 Å². The van der Waals surface area contributed by atoms with Crippen molar-refractivity contribution in [3.63, 3.8) is 0 Å². The Morgan fingerprint density at radius 3 is 2.61 bits per heavy atom. The number of amides is 3. The third-order valence-electron chi connectivity index (χ3n) is 6.84. The van der Waals surface area contributed by atoms with Crippen molar-refractivity contribution in [1.29, 1.82) is 5.26 Å². The molecule has 3 amide bonds. The molecule has 31 heavy (non-hydrogen) atoms. The molecular weight excluding hydrogens is 396 g/mol. The summed E-state index contributed by atoms with van der Waals surface area (Å²) in [5, 5.41) is 9.22. The molecule has 4 rings (SSSR count). The van der Waals surface area contributed by atoms with Crippen LogP contribution in [0.4, 0.5) is 0 Å². The Morgan fingerprint density at radius 2 is 2.00 bits per heavy atom. The average molecular weight is 425 g/mol. The zero-order valence-electron chi connectivity index (χ0n) is 17.6. The Bertz CT molecular complexity index is 926. The maximum atomic E-state index is 13.1. The highest BCUT2D eigenvalue weighted by molar-refractivity contribution is 5.92. The van der Waals surface area contributed by atoms with E-state index in [1.54, 1.807) is 17.0 Å². The number of fused-ring (bicyclic) bond motifs is 2. The van der Waals surface area contributed by atoms with E-state index in [9.17, 15) is 19.6 Å². The fourth-order valence-corrected chi connectivity index (χ4v) is 5.19. The van der Waals surface area contributed by atoms with Crippen molar-refractivity contribution >= 4 is 17.7 Å². The van der Waals surface area contributed by atoms with Gasteiger partial charge in [-0.2, -0.15) is 5.26 Å². The van der Waals surface area contributed by atoms with Crippen molar-refractivity contribution in [2.24, 2.45) is 11.5 Å². The monoisotopic (exact) mass is 424 g/mol. The lowest BCUT2D eigenvalue weighted by atomic mass is 10.0. The van der Waals surface area contributed by atoms with Crippen molar-refractivity contribution in [2.45, 2.75) is 56.4 Å². The number of carbonyl (C=O) groups excluding carboxylic acids is 3. The van der Waals surface area contributed by atoms with Crippen molar-refractivity contribution in [2.75, 3.05) is 19.6 Å². The first kappa shape index (κ1) is 21.3. The van der Waals surface area contributed by atoms with Crippen LogP contribution in [0.25, 0.3) is 0 Å². The van der Waals surface area contributed by atoms with Crippen LogP contribution in [0.15, 0.2) is 24.3 Å². The van der Waals surface area contributed by atoms with Gasteiger partial charge in [0.25, 0.3) is 0 Å². The summed E-state index contributed by atoms with van der Waals surface area (Å²) in [6.07, 6.45) is 2.22. The van der Waals surface area contributed by atoms with Crippen LogP contribution in [0.2, 0.25) is 0 Å². The van der Waals surface area contributed by atoms with Gasteiger partial charge in [0.15, 0.2) is 0 Å². The Kier molecular flexibility index (Phi) is 5.69. The highest BCUT2D eigenvalue weighted by atomic mass is 16.2. The van der Waals surface area contributed by atoms with Crippen molar-refractivity contribution in [3.8, 4) is 6.07 Å². The van der Waals surface area contributed by atoms with Gasteiger partial charge in [0.2, 0.25) is 17.7 Å². The summed E-state index contributed by atoms with van der Waals surface area (Å²) in [5.74, 6) is -0.649. The second-order valence-electron chi connectivity index (χ2n) is 8.69. The highest BCUT2D eigenvalue weighted by Gasteiger charge is 2.51. The molecule has 1 unspecified atom stereocenters. The molecule has 164 valence electrons. The SMILES string of the molecule is C[C@H](c1ccc(C(N)=O)cc1)N1C(=O)[C@@H]2CC1CN2C[C@H](N)C(=O)N1CCC[C@H]1C#N. The minimum absolute atomic E-state index is 0.0402. The molecule has 3 fully saturated rings. The van der Waals surface area contributed by atoms with E-state index < -0.39 is 18.0 Å². The van der Waals surface area contributed by atoms with Gasteiger partial charge in [-0.1, -0.05) is 12.1 Å². The minimum Gasteiger partial charge on any atom is -0.366 e. The lowest BCUT2D eigenvalue weighted by molar-refractivity contribution is -0.140. The van der Waals surface area contributed by atoms with E-state index in [0.29, 0.717) is 38.0 Å². The number of likely N-dealkylation sites (tertiary alicyclic amines) is 3. The van der Waals surface area contributed by atoms with Gasteiger partial charge in [0.1, 0.15) is 6.04 Å². The lowest BCUT2D eigenvalue weighted by Gasteiger charge is -2.38. The topological polar surface area (TPSA) is 137 Å². The van der Waals surface area contributed by atoms with Crippen LogP contribution in [0, 0.1) is 11.3 Å². The van der Waals surface area contributed by atoms with Crippen LogP contribution in [0.1, 0.15) is 48.1 Å². The molecule has 9 heteroatoms. The van der Waals surface area contributed by atoms with Crippen LogP contribution in [0.5, 0.6) is 0 Å². The number of carbonyl (C=O) groups is 3. The first-order chi connectivity index (χ1) is 14.8. The Morgan fingerprint density at radius 1 is 1.29 bits per heavy atom. The van der Waals surface area contributed by atoms with E-state index in [-0.39, 0.29) is 29.9 Å². The van der Waals surface area contributed by atoms with Gasteiger partial charge in [-0.05, 0) is 43.9 Å². The van der Waals surface area contributed by atoms with E-state index >= 15 is 0 Å². The zero-order valence-corrected chi connectivity index (χ0v) is 17.6. The second kappa shape index (κ2) is 8.29. The van der Waals surface area contributed by atoms with Gasteiger partial charge < -0.3 is 21.3 Å². The number of primary amides is 1. The largest absolute Gasteiger partial charge is 0.366 e. The van der Waals surface area contributed by atoms with Crippen molar-refractivity contribution in [3.05, 3.63) is 35.4 Å². The number of piperazine rings is 1. The number of nitrogens with zero attached hydrogens (tertiary/aromatic N) is 4. The fraction of sp³-hybridized carbons (Fsp3) is 0.545. The Hall–Kier alpha value is -2.96. The van der Waals surface area contributed by atoms with Crippen LogP contribution in [-0.4, -0.2) is 76.2 Å². The Balaban J connectivity index is 1.39. The maximum Gasteiger partial charge on any atom is 0.248 e. The molecule has 3 heterocycles. The quantitative estimate of drug-likeness (QED) is 0.658. The van der Waals surface area contributed by atoms with E-state index in [1.165, 1.54) is 0 Å². The summed E-state index contributed by atoms with van der Waals surface area (Å²) in [5.41, 5.74) is 12.9. The van der Waals surface area contributed by atoms with Gasteiger partial charge in [-0.15, -0.1) is 0 Å². The van der Waals surface area contributed by atoms with Gasteiger partial charge in [-0.25, -0.2) is 0 Å². The normalized spacial score (nSPS) is 27.4. The summed E-state index contributed by atoms with van der Waals surface area (Å²) >= 11 is 0. The summed E-state index contributed by atoms with van der Waals surface area (Å²) in [4.78, 5) is 42.6. The molecule has 1 aromatic carbocycles. The summed E-state index contributed by atoms with van der Waals surface area (Å²) in [6, 6.07) is 7.71. The van der Waals surface area contributed by atoms with Gasteiger partial charge in [0, 0.05) is 31.2 Å². The highest BCUT2D eigenvalue weighted by Crippen LogP contribution is 2.38. The molecule has 3 saturated heterocycles. The fourth-order valence-electron chi connectivity index (χ4n) is 5.19. The molecule has 4 N–H and O–H groups in total. The van der Waals surface area contributed by atoms with Crippen LogP contribution < -0.4 is 11.5 Å². The molecule has 5 atom stereocenters. The maximum absolute atomic E-state index is 13.1. The minimum atomic E-state index is -0.742. The number of nitriles is 1. The first-order valence-electron chi connectivity index (χ1n) is 10.7. The smallest absolute Gasteiger partial charge is 0.248 e. The van der Waals surface area contributed by atoms with Crippen molar-refractivity contribution < 1.29 is 14.4 Å². The molecule has 0 aromatic heterocycles. The zero-order chi connectivity index (χ0) is 22.3. The molecule has 0 spiro atoms. The molecule has 1 aromatic rings. The first-order valence-corrected chi connectivity index (χ1v) is 10.7. The molecule has 2 bridgehead atoms. The molecule has 9 nitrogen and oxygen atoms in total. The molecular formula is C22H28N6O3. The lowest BCUT2D eigenvalue weighted by Crippen LogP contribution is -2.56. The number of hydrogen-bond acceptors (Lipinski definition) is 6. The molecule has 0 aliphatic carbocycles.